The summed E-state index contributed by atoms with van der Waals surface area (Å²) in [7, 11) is 0. The molecule has 0 saturated heterocycles. The second kappa shape index (κ2) is 4.89. The van der Waals surface area contributed by atoms with Gasteiger partial charge >= 0.3 is 29.6 Å². The van der Waals surface area contributed by atoms with Crippen LogP contribution in [0.3, 0.4) is 0 Å². The molecule has 0 amide bonds. The van der Waals surface area contributed by atoms with Gasteiger partial charge in [0.25, 0.3) is 0 Å². The fraction of sp³-hybridized carbons (Fsp3) is 0.667. The molecule has 0 spiro atoms. The molecule has 0 nitrogen and oxygen atoms in total. The molecular formula is C6H9Na. The van der Waals surface area contributed by atoms with Crippen LogP contribution in [0.25, 0.3) is 0 Å². The van der Waals surface area contributed by atoms with Gasteiger partial charge in [0.1, 0.15) is 0 Å². The molecule has 34 valence electrons. The molecule has 1 aliphatic rings. The minimum atomic E-state index is 0. The standard InChI is InChI=1S/C6H9.Na/c1-2-4-6-5-3-1;/h1H,2,4-6H2;/q-1;+1. The van der Waals surface area contributed by atoms with E-state index in [2.05, 4.69) is 12.2 Å². The monoisotopic (exact) mass is 104 g/mol. The van der Waals surface area contributed by atoms with Gasteiger partial charge < -0.3 is 6.08 Å². The van der Waals surface area contributed by atoms with Crippen LogP contribution in [0.1, 0.15) is 25.7 Å². The van der Waals surface area contributed by atoms with Crippen LogP contribution in [0.5, 0.6) is 0 Å². The summed E-state index contributed by atoms with van der Waals surface area (Å²) in [4.78, 5) is 0. The fourth-order valence-corrected chi connectivity index (χ4v) is 0.678. The van der Waals surface area contributed by atoms with Crippen molar-refractivity contribution in [2.75, 3.05) is 0 Å². The number of hydrogen-bond acceptors (Lipinski definition) is 0. The van der Waals surface area contributed by atoms with Crippen LogP contribution >= 0.6 is 0 Å². The van der Waals surface area contributed by atoms with Gasteiger partial charge in [-0.15, -0.1) is 0 Å². The first-order valence-corrected chi connectivity index (χ1v) is 2.55. The molecule has 0 saturated carbocycles. The molecule has 0 fully saturated rings. The zero-order valence-electron chi connectivity index (χ0n) is 4.91. The molecule has 1 rings (SSSR count). The van der Waals surface area contributed by atoms with Gasteiger partial charge in [-0.2, -0.15) is 6.42 Å². The molecule has 0 aromatic carbocycles. The first-order valence-electron chi connectivity index (χ1n) is 2.55. The molecule has 0 aliphatic heterocycles. The van der Waals surface area contributed by atoms with Crippen LogP contribution in [0.2, 0.25) is 0 Å². The van der Waals surface area contributed by atoms with E-state index in [1.807, 2.05) is 0 Å². The first-order chi connectivity index (χ1) is 3.00. The van der Waals surface area contributed by atoms with Crippen LogP contribution in [0.4, 0.5) is 0 Å². The van der Waals surface area contributed by atoms with Crippen LogP contribution in [-0.2, 0) is 0 Å². The maximum atomic E-state index is 3.16. The number of rotatable bonds is 0. The van der Waals surface area contributed by atoms with Gasteiger partial charge in [-0.1, -0.05) is 19.3 Å². The predicted octanol–water partition coefficient (Wildman–Crippen LogP) is -1.08. The van der Waals surface area contributed by atoms with E-state index in [9.17, 15) is 0 Å². The van der Waals surface area contributed by atoms with Crippen molar-refractivity contribution in [2.24, 2.45) is 0 Å². The van der Waals surface area contributed by atoms with Crippen molar-refractivity contribution >= 4 is 0 Å². The Morgan fingerprint density at radius 3 is 2.29 bits per heavy atom. The third-order valence-electron chi connectivity index (χ3n) is 1.06. The Morgan fingerprint density at radius 1 is 1.29 bits per heavy atom. The predicted molar refractivity (Wildman–Crippen MR) is 26.3 cm³/mol. The third-order valence-corrected chi connectivity index (χ3v) is 1.06. The van der Waals surface area contributed by atoms with E-state index in [0.29, 0.717) is 0 Å². The average molecular weight is 104 g/mol. The maximum Gasteiger partial charge on any atom is 1.00 e. The SMILES string of the molecule is [C-]1=CCCCC1.[Na+]. The summed E-state index contributed by atoms with van der Waals surface area (Å²) in [6.07, 6.45) is 10.5. The molecular weight excluding hydrogens is 95.1 g/mol. The molecule has 0 unspecified atom stereocenters. The third kappa shape index (κ3) is 3.33. The summed E-state index contributed by atoms with van der Waals surface area (Å²) in [6.45, 7) is 0. The smallest absolute Gasteiger partial charge is 0.501 e. The van der Waals surface area contributed by atoms with Crippen molar-refractivity contribution in [1.29, 1.82) is 0 Å². The Balaban J connectivity index is 0.000000360. The molecule has 0 bridgehead atoms. The summed E-state index contributed by atoms with van der Waals surface area (Å²) < 4.78 is 0. The van der Waals surface area contributed by atoms with Gasteiger partial charge in [-0.3, -0.25) is 6.08 Å². The summed E-state index contributed by atoms with van der Waals surface area (Å²) in [5.74, 6) is 0. The molecule has 0 aromatic rings. The summed E-state index contributed by atoms with van der Waals surface area (Å²) in [5.41, 5.74) is 0. The van der Waals surface area contributed by atoms with Crippen molar-refractivity contribution in [3.05, 3.63) is 12.2 Å². The van der Waals surface area contributed by atoms with Gasteiger partial charge in [0.15, 0.2) is 0 Å². The number of allylic oxidation sites excluding steroid dienone is 2. The average Bonchev–Trinajstić information content (AvgIpc) is 1.72. The van der Waals surface area contributed by atoms with Crippen LogP contribution in [0.15, 0.2) is 6.08 Å². The minimum Gasteiger partial charge on any atom is -0.501 e. The van der Waals surface area contributed by atoms with Crippen molar-refractivity contribution < 1.29 is 29.6 Å². The van der Waals surface area contributed by atoms with Crippen molar-refractivity contribution in [2.45, 2.75) is 25.7 Å². The molecule has 7 heavy (non-hydrogen) atoms. The molecule has 0 N–H and O–H groups in total. The zero-order chi connectivity index (χ0) is 4.24. The molecule has 0 aromatic heterocycles. The van der Waals surface area contributed by atoms with Gasteiger partial charge in [-0.05, 0) is 0 Å². The largest absolute Gasteiger partial charge is 1.00 e. The maximum absolute atomic E-state index is 3.16. The van der Waals surface area contributed by atoms with E-state index in [0.717, 1.165) is 0 Å². The quantitative estimate of drug-likeness (QED) is 0.271. The molecule has 1 aliphatic carbocycles. The van der Waals surface area contributed by atoms with E-state index in [1.165, 1.54) is 25.7 Å². The zero-order valence-corrected chi connectivity index (χ0v) is 6.91. The van der Waals surface area contributed by atoms with Crippen molar-refractivity contribution in [3.63, 3.8) is 0 Å². The van der Waals surface area contributed by atoms with E-state index < -0.39 is 0 Å². The Kier molecular flexibility index (Phi) is 5.41. The van der Waals surface area contributed by atoms with Crippen molar-refractivity contribution in [3.8, 4) is 0 Å². The Hall–Kier alpha value is 0.740. The molecule has 1 heteroatoms. The summed E-state index contributed by atoms with van der Waals surface area (Å²) in [5, 5.41) is 0. The Bertz CT molecular complexity index is 49.2. The van der Waals surface area contributed by atoms with E-state index in [-0.39, 0.29) is 29.6 Å². The Morgan fingerprint density at radius 2 is 2.14 bits per heavy atom. The summed E-state index contributed by atoms with van der Waals surface area (Å²) in [6, 6.07) is 0. The fourth-order valence-electron chi connectivity index (χ4n) is 0.678. The van der Waals surface area contributed by atoms with Crippen molar-refractivity contribution in [1.82, 2.24) is 0 Å². The van der Waals surface area contributed by atoms with Gasteiger partial charge in [0.2, 0.25) is 0 Å². The molecule has 0 heterocycles. The second-order valence-corrected chi connectivity index (χ2v) is 1.65. The van der Waals surface area contributed by atoms with Crippen LogP contribution in [0, 0.1) is 6.08 Å². The second-order valence-electron chi connectivity index (χ2n) is 1.65. The van der Waals surface area contributed by atoms with Gasteiger partial charge in [-0.25, -0.2) is 0 Å². The van der Waals surface area contributed by atoms with Gasteiger partial charge in [0, 0.05) is 0 Å². The van der Waals surface area contributed by atoms with E-state index in [1.54, 1.807) is 0 Å². The first kappa shape index (κ1) is 7.74. The normalized spacial score (nSPS) is 18.3. The molecule has 0 radical (unpaired) electrons. The van der Waals surface area contributed by atoms with E-state index in [4.69, 9.17) is 0 Å². The topological polar surface area (TPSA) is 0 Å². The van der Waals surface area contributed by atoms with Crippen LogP contribution < -0.4 is 29.6 Å². The van der Waals surface area contributed by atoms with E-state index >= 15 is 0 Å². The number of hydrogen-bond donors (Lipinski definition) is 0. The van der Waals surface area contributed by atoms with Gasteiger partial charge in [0.05, 0.1) is 0 Å². The summed E-state index contributed by atoms with van der Waals surface area (Å²) >= 11 is 0. The minimum absolute atomic E-state index is 0. The molecule has 0 atom stereocenters. The Labute approximate surface area is 67.3 Å². The van der Waals surface area contributed by atoms with Crippen LogP contribution in [-0.4, -0.2) is 0 Å².